The number of carbonyl (C=O) groups is 1. The Labute approximate surface area is 99.0 Å². The van der Waals surface area contributed by atoms with Gasteiger partial charge in [0.2, 0.25) is 11.8 Å². The zero-order chi connectivity index (χ0) is 12.0. The standard InChI is InChI=1S/C10H16N2O3S/c1-4-14-9(13)6-16-5-8-11-12-10(15-8)7(2)3/h7H,4-6H2,1-3H3. The Kier molecular flexibility index (Phi) is 5.31. The van der Waals surface area contributed by atoms with Crippen molar-refractivity contribution in [3.8, 4) is 0 Å². The molecule has 90 valence electrons. The Hall–Kier alpha value is -1.04. The van der Waals surface area contributed by atoms with Crippen LogP contribution >= 0.6 is 11.8 Å². The molecule has 6 heteroatoms. The van der Waals surface area contributed by atoms with Crippen LogP contribution in [0.1, 0.15) is 38.5 Å². The quantitative estimate of drug-likeness (QED) is 0.713. The van der Waals surface area contributed by atoms with Gasteiger partial charge in [0.1, 0.15) is 0 Å². The Balaban J connectivity index is 2.29. The van der Waals surface area contributed by atoms with E-state index in [1.807, 2.05) is 13.8 Å². The Morgan fingerprint density at radius 1 is 1.50 bits per heavy atom. The van der Waals surface area contributed by atoms with Crippen LogP contribution in [-0.4, -0.2) is 28.5 Å². The highest BCUT2D eigenvalue weighted by atomic mass is 32.2. The van der Waals surface area contributed by atoms with E-state index in [4.69, 9.17) is 9.15 Å². The van der Waals surface area contributed by atoms with E-state index in [9.17, 15) is 4.79 Å². The molecule has 0 saturated heterocycles. The second-order valence-electron chi connectivity index (χ2n) is 3.49. The van der Waals surface area contributed by atoms with Gasteiger partial charge in [0.05, 0.1) is 18.1 Å². The highest BCUT2D eigenvalue weighted by molar-refractivity contribution is 7.99. The van der Waals surface area contributed by atoms with Crippen LogP contribution in [0.3, 0.4) is 0 Å². The lowest BCUT2D eigenvalue weighted by atomic mass is 10.2. The van der Waals surface area contributed by atoms with Crippen molar-refractivity contribution < 1.29 is 13.9 Å². The minimum Gasteiger partial charge on any atom is -0.465 e. The molecule has 5 nitrogen and oxygen atoms in total. The summed E-state index contributed by atoms with van der Waals surface area (Å²) in [5.41, 5.74) is 0. The first-order chi connectivity index (χ1) is 7.63. The van der Waals surface area contributed by atoms with Crippen molar-refractivity contribution in [3.05, 3.63) is 11.8 Å². The van der Waals surface area contributed by atoms with Gasteiger partial charge < -0.3 is 9.15 Å². The number of hydrogen-bond acceptors (Lipinski definition) is 6. The fourth-order valence-corrected chi connectivity index (χ4v) is 1.63. The first kappa shape index (κ1) is 13.0. The molecular weight excluding hydrogens is 228 g/mol. The van der Waals surface area contributed by atoms with E-state index in [0.717, 1.165) is 0 Å². The van der Waals surface area contributed by atoms with Crippen LogP contribution in [0.2, 0.25) is 0 Å². The summed E-state index contributed by atoms with van der Waals surface area (Å²) < 4.78 is 10.2. The van der Waals surface area contributed by atoms with E-state index < -0.39 is 0 Å². The lowest BCUT2D eigenvalue weighted by molar-refractivity contribution is -0.139. The second-order valence-corrected chi connectivity index (χ2v) is 4.47. The van der Waals surface area contributed by atoms with E-state index in [1.54, 1.807) is 6.92 Å². The maximum Gasteiger partial charge on any atom is 0.315 e. The average Bonchev–Trinajstić information content (AvgIpc) is 2.67. The number of hydrogen-bond donors (Lipinski definition) is 0. The van der Waals surface area contributed by atoms with Crippen LogP contribution in [0.25, 0.3) is 0 Å². The van der Waals surface area contributed by atoms with Crippen LogP contribution in [0.5, 0.6) is 0 Å². The minimum atomic E-state index is -0.212. The smallest absolute Gasteiger partial charge is 0.315 e. The lowest BCUT2D eigenvalue weighted by Crippen LogP contribution is -2.06. The second kappa shape index (κ2) is 6.52. The van der Waals surface area contributed by atoms with E-state index in [1.165, 1.54) is 11.8 Å². The third-order valence-electron chi connectivity index (χ3n) is 1.73. The number of esters is 1. The molecule has 0 fully saturated rings. The third-order valence-corrected chi connectivity index (χ3v) is 2.62. The van der Waals surface area contributed by atoms with E-state index in [2.05, 4.69) is 10.2 Å². The Morgan fingerprint density at radius 2 is 2.25 bits per heavy atom. The first-order valence-electron chi connectivity index (χ1n) is 5.19. The molecule has 0 saturated carbocycles. The molecule has 1 aromatic rings. The monoisotopic (exact) mass is 244 g/mol. The summed E-state index contributed by atoms with van der Waals surface area (Å²) >= 11 is 1.41. The number of nitrogens with zero attached hydrogens (tertiary/aromatic N) is 2. The van der Waals surface area contributed by atoms with Crippen LogP contribution in [0.4, 0.5) is 0 Å². The number of thioether (sulfide) groups is 1. The van der Waals surface area contributed by atoms with Crippen molar-refractivity contribution in [1.82, 2.24) is 10.2 Å². The van der Waals surface area contributed by atoms with Gasteiger partial charge >= 0.3 is 5.97 Å². The topological polar surface area (TPSA) is 65.2 Å². The zero-order valence-corrected chi connectivity index (χ0v) is 10.5. The van der Waals surface area contributed by atoms with E-state index in [-0.39, 0.29) is 11.9 Å². The molecule has 0 N–H and O–H groups in total. The fraction of sp³-hybridized carbons (Fsp3) is 0.700. The fourth-order valence-electron chi connectivity index (χ4n) is 0.983. The molecule has 0 aliphatic carbocycles. The van der Waals surface area contributed by atoms with Crippen molar-refractivity contribution in [2.45, 2.75) is 32.4 Å². The Bertz CT molecular complexity index is 339. The zero-order valence-electron chi connectivity index (χ0n) is 9.73. The summed E-state index contributed by atoms with van der Waals surface area (Å²) in [6.07, 6.45) is 0. The molecular formula is C10H16N2O3S. The van der Waals surface area contributed by atoms with Crippen LogP contribution in [0.15, 0.2) is 4.42 Å². The van der Waals surface area contributed by atoms with Crippen molar-refractivity contribution in [2.75, 3.05) is 12.4 Å². The predicted octanol–water partition coefficient (Wildman–Crippen LogP) is 1.99. The molecule has 1 rings (SSSR count). The molecule has 1 heterocycles. The van der Waals surface area contributed by atoms with E-state index in [0.29, 0.717) is 29.9 Å². The number of rotatable bonds is 6. The molecule has 0 bridgehead atoms. The lowest BCUT2D eigenvalue weighted by Gasteiger charge is -1.99. The van der Waals surface area contributed by atoms with E-state index >= 15 is 0 Å². The molecule has 0 unspecified atom stereocenters. The first-order valence-corrected chi connectivity index (χ1v) is 6.34. The molecule has 1 aromatic heterocycles. The molecule has 0 atom stereocenters. The van der Waals surface area contributed by atoms with Crippen molar-refractivity contribution in [3.63, 3.8) is 0 Å². The van der Waals surface area contributed by atoms with Gasteiger partial charge in [-0.15, -0.1) is 22.0 Å². The molecule has 0 aromatic carbocycles. The number of aromatic nitrogens is 2. The largest absolute Gasteiger partial charge is 0.465 e. The maximum absolute atomic E-state index is 11.0. The molecule has 0 radical (unpaired) electrons. The molecule has 0 aliphatic heterocycles. The van der Waals surface area contributed by atoms with Gasteiger partial charge in [-0.1, -0.05) is 13.8 Å². The summed E-state index contributed by atoms with van der Waals surface area (Å²) in [4.78, 5) is 11.0. The number of carbonyl (C=O) groups excluding carboxylic acids is 1. The van der Waals surface area contributed by atoms with Gasteiger partial charge in [-0.3, -0.25) is 4.79 Å². The Morgan fingerprint density at radius 3 is 2.81 bits per heavy atom. The van der Waals surface area contributed by atoms with Gasteiger partial charge in [-0.25, -0.2) is 0 Å². The van der Waals surface area contributed by atoms with Gasteiger partial charge in [0.15, 0.2) is 0 Å². The molecule has 0 aliphatic rings. The van der Waals surface area contributed by atoms with Crippen LogP contribution < -0.4 is 0 Å². The minimum absolute atomic E-state index is 0.212. The van der Waals surface area contributed by atoms with Crippen LogP contribution in [0, 0.1) is 0 Å². The summed E-state index contributed by atoms with van der Waals surface area (Å²) in [6, 6.07) is 0. The van der Waals surface area contributed by atoms with Gasteiger partial charge in [0.25, 0.3) is 0 Å². The van der Waals surface area contributed by atoms with Gasteiger partial charge in [0, 0.05) is 5.92 Å². The van der Waals surface area contributed by atoms with Crippen LogP contribution in [-0.2, 0) is 15.3 Å². The highest BCUT2D eigenvalue weighted by Gasteiger charge is 2.10. The maximum atomic E-state index is 11.0. The summed E-state index contributed by atoms with van der Waals surface area (Å²) in [5, 5.41) is 7.79. The molecule has 0 spiro atoms. The average molecular weight is 244 g/mol. The SMILES string of the molecule is CCOC(=O)CSCc1nnc(C(C)C)o1. The van der Waals surface area contributed by atoms with Crippen molar-refractivity contribution in [1.29, 1.82) is 0 Å². The number of ether oxygens (including phenoxy) is 1. The summed E-state index contributed by atoms with van der Waals surface area (Å²) in [5.74, 6) is 2.06. The predicted molar refractivity (Wildman–Crippen MR) is 61.2 cm³/mol. The van der Waals surface area contributed by atoms with Gasteiger partial charge in [-0.05, 0) is 6.92 Å². The normalized spacial score (nSPS) is 10.8. The summed E-state index contributed by atoms with van der Waals surface area (Å²) in [6.45, 7) is 6.18. The van der Waals surface area contributed by atoms with Crippen molar-refractivity contribution in [2.24, 2.45) is 0 Å². The third kappa shape index (κ3) is 4.22. The molecule has 0 amide bonds. The van der Waals surface area contributed by atoms with Gasteiger partial charge in [-0.2, -0.15) is 0 Å². The molecule has 16 heavy (non-hydrogen) atoms. The summed E-state index contributed by atoms with van der Waals surface area (Å²) in [7, 11) is 0. The van der Waals surface area contributed by atoms with Crippen molar-refractivity contribution >= 4 is 17.7 Å². The highest BCUT2D eigenvalue weighted by Crippen LogP contribution is 2.16.